The first-order valence-electron chi connectivity index (χ1n) is 8.47. The number of carbonyl (C=O) groups is 4. The van der Waals surface area contributed by atoms with Gasteiger partial charge in [-0.05, 0) is 12.1 Å². The van der Waals surface area contributed by atoms with Crippen LogP contribution in [0.15, 0.2) is 75.0 Å². The van der Waals surface area contributed by atoms with E-state index in [-0.39, 0.29) is 29.7 Å². The third-order valence-corrected chi connectivity index (χ3v) is 3.94. The van der Waals surface area contributed by atoms with Crippen LogP contribution >= 0.6 is 0 Å². The molecule has 10 nitrogen and oxygen atoms in total. The SMILES string of the molecule is O=C1CC(=O)NC(=NN2C(=O)/C(=C/C(=O)c3ccco3)N=C2c2ccccc2)N1. The van der Waals surface area contributed by atoms with Crippen molar-refractivity contribution in [3.63, 3.8) is 0 Å². The van der Waals surface area contributed by atoms with Gasteiger partial charge in [-0.2, -0.15) is 5.01 Å². The lowest BCUT2D eigenvalue weighted by Crippen LogP contribution is -2.52. The molecule has 3 heterocycles. The van der Waals surface area contributed by atoms with Crippen LogP contribution in [-0.4, -0.2) is 40.3 Å². The van der Waals surface area contributed by atoms with Gasteiger partial charge in [0.05, 0.1) is 6.26 Å². The Balaban J connectivity index is 1.72. The number of carbonyl (C=O) groups excluding carboxylic acids is 4. The minimum absolute atomic E-state index is 0.0540. The van der Waals surface area contributed by atoms with Crippen LogP contribution < -0.4 is 10.6 Å². The predicted molar refractivity (Wildman–Crippen MR) is 99.3 cm³/mol. The summed E-state index contributed by atoms with van der Waals surface area (Å²) in [6, 6.07) is 11.7. The number of hydrogen-bond acceptors (Lipinski definition) is 7. The lowest BCUT2D eigenvalue weighted by molar-refractivity contribution is -0.129. The first-order valence-corrected chi connectivity index (χ1v) is 8.47. The lowest BCUT2D eigenvalue weighted by Gasteiger charge is -2.18. The Morgan fingerprint density at radius 3 is 2.45 bits per heavy atom. The Kier molecular flexibility index (Phi) is 4.57. The van der Waals surface area contributed by atoms with E-state index in [1.54, 1.807) is 36.4 Å². The van der Waals surface area contributed by atoms with Crippen molar-refractivity contribution in [3.05, 3.63) is 71.8 Å². The zero-order valence-corrected chi connectivity index (χ0v) is 14.8. The normalized spacial score (nSPS) is 17.9. The number of amides is 3. The van der Waals surface area contributed by atoms with E-state index in [4.69, 9.17) is 4.42 Å². The van der Waals surface area contributed by atoms with Gasteiger partial charge in [0.2, 0.25) is 23.6 Å². The Morgan fingerprint density at radius 1 is 1.07 bits per heavy atom. The van der Waals surface area contributed by atoms with Crippen molar-refractivity contribution in [1.29, 1.82) is 0 Å². The highest BCUT2D eigenvalue weighted by atomic mass is 16.3. The molecule has 1 fully saturated rings. The van der Waals surface area contributed by atoms with Gasteiger partial charge in [0.25, 0.3) is 5.91 Å². The monoisotopic (exact) mass is 391 g/mol. The van der Waals surface area contributed by atoms with Gasteiger partial charge in [-0.3, -0.25) is 29.8 Å². The maximum absolute atomic E-state index is 12.9. The van der Waals surface area contributed by atoms with E-state index in [0.29, 0.717) is 5.56 Å². The van der Waals surface area contributed by atoms with Crippen LogP contribution in [0.5, 0.6) is 0 Å². The summed E-state index contributed by atoms with van der Waals surface area (Å²) < 4.78 is 5.03. The van der Waals surface area contributed by atoms with Crippen molar-refractivity contribution < 1.29 is 23.6 Å². The molecule has 2 aromatic rings. The summed E-state index contributed by atoms with van der Waals surface area (Å²) in [5, 5.41) is 9.69. The van der Waals surface area contributed by atoms with Gasteiger partial charge in [0.1, 0.15) is 12.1 Å². The number of furan rings is 1. The largest absolute Gasteiger partial charge is 0.461 e. The standard InChI is InChI=1S/C19H13N5O5/c25-13(14-7-4-8-29-14)9-12-18(28)24(17(20-12)11-5-2-1-3-6-11)23-19-21-15(26)10-16(27)22-19/h1-9H,10H2,(H2,21,22,23,26,27)/b12-9-. The summed E-state index contributed by atoms with van der Waals surface area (Å²) in [4.78, 5) is 52.5. The lowest BCUT2D eigenvalue weighted by atomic mass is 10.2. The number of nitrogens with one attached hydrogen (secondary N) is 2. The maximum Gasteiger partial charge on any atom is 0.299 e. The van der Waals surface area contributed by atoms with Crippen LogP contribution in [0, 0.1) is 0 Å². The second-order valence-corrected chi connectivity index (χ2v) is 6.01. The van der Waals surface area contributed by atoms with Crippen LogP contribution in [0.25, 0.3) is 0 Å². The average Bonchev–Trinajstić information content (AvgIpc) is 3.32. The van der Waals surface area contributed by atoms with Crippen LogP contribution in [0.4, 0.5) is 0 Å². The molecule has 0 saturated carbocycles. The van der Waals surface area contributed by atoms with E-state index in [1.165, 1.54) is 12.3 Å². The molecular weight excluding hydrogens is 378 g/mol. The summed E-state index contributed by atoms with van der Waals surface area (Å²) in [5.41, 5.74) is 0.385. The van der Waals surface area contributed by atoms with Gasteiger partial charge in [-0.1, -0.05) is 30.3 Å². The maximum atomic E-state index is 12.9. The number of allylic oxidation sites excluding steroid dienone is 1. The highest BCUT2D eigenvalue weighted by molar-refractivity contribution is 6.22. The predicted octanol–water partition coefficient (Wildman–Crippen LogP) is 0.542. The van der Waals surface area contributed by atoms with Crippen molar-refractivity contribution in [1.82, 2.24) is 15.6 Å². The number of aliphatic imine (C=N–C) groups is 1. The van der Waals surface area contributed by atoms with Gasteiger partial charge in [0, 0.05) is 11.6 Å². The number of ketones is 1. The molecule has 1 aromatic heterocycles. The van der Waals surface area contributed by atoms with E-state index in [9.17, 15) is 19.2 Å². The van der Waals surface area contributed by atoms with E-state index in [2.05, 4.69) is 20.7 Å². The molecule has 0 aliphatic carbocycles. The second-order valence-electron chi connectivity index (χ2n) is 6.01. The molecular formula is C19H13N5O5. The van der Waals surface area contributed by atoms with Crippen LogP contribution in [0.2, 0.25) is 0 Å². The van der Waals surface area contributed by atoms with E-state index >= 15 is 0 Å². The molecule has 0 atom stereocenters. The zero-order chi connectivity index (χ0) is 20.4. The molecule has 0 radical (unpaired) electrons. The molecule has 2 aliphatic rings. The number of hydrazone groups is 1. The smallest absolute Gasteiger partial charge is 0.299 e. The number of nitrogens with zero attached hydrogens (tertiary/aromatic N) is 3. The van der Waals surface area contributed by atoms with Crippen molar-refractivity contribution in [2.24, 2.45) is 10.1 Å². The minimum atomic E-state index is -0.703. The van der Waals surface area contributed by atoms with E-state index in [0.717, 1.165) is 11.1 Å². The molecule has 144 valence electrons. The fourth-order valence-electron chi connectivity index (χ4n) is 2.67. The summed E-state index contributed by atoms with van der Waals surface area (Å²) in [6.07, 6.45) is 2.05. The highest BCUT2D eigenvalue weighted by Gasteiger charge is 2.33. The molecule has 0 unspecified atom stereocenters. The average molecular weight is 391 g/mol. The van der Waals surface area contributed by atoms with Gasteiger partial charge in [-0.15, -0.1) is 5.10 Å². The van der Waals surface area contributed by atoms with Crippen molar-refractivity contribution in [2.75, 3.05) is 0 Å². The van der Waals surface area contributed by atoms with Crippen LogP contribution in [0.3, 0.4) is 0 Å². The van der Waals surface area contributed by atoms with Gasteiger partial charge >= 0.3 is 0 Å². The molecule has 4 rings (SSSR count). The van der Waals surface area contributed by atoms with Gasteiger partial charge in [-0.25, -0.2) is 4.99 Å². The van der Waals surface area contributed by atoms with Crippen molar-refractivity contribution >= 4 is 35.3 Å². The minimum Gasteiger partial charge on any atom is -0.461 e. The number of benzene rings is 1. The number of amidine groups is 1. The number of hydrogen-bond donors (Lipinski definition) is 2. The Hall–Kier alpha value is -4.34. The third-order valence-electron chi connectivity index (χ3n) is 3.94. The molecule has 1 saturated heterocycles. The fourth-order valence-corrected chi connectivity index (χ4v) is 2.67. The third kappa shape index (κ3) is 3.72. The van der Waals surface area contributed by atoms with Gasteiger partial charge in [0.15, 0.2) is 11.6 Å². The Morgan fingerprint density at radius 2 is 1.79 bits per heavy atom. The summed E-state index contributed by atoms with van der Waals surface area (Å²) >= 11 is 0. The molecule has 1 aromatic carbocycles. The van der Waals surface area contributed by atoms with E-state index in [1.807, 2.05) is 0 Å². The summed E-state index contributed by atoms with van der Waals surface area (Å²) in [6.45, 7) is 0. The first-order chi connectivity index (χ1) is 14.0. The molecule has 3 amide bonds. The first kappa shape index (κ1) is 18.0. The molecule has 29 heavy (non-hydrogen) atoms. The number of rotatable bonds is 4. The number of guanidine groups is 1. The Bertz CT molecular complexity index is 1080. The zero-order valence-electron chi connectivity index (χ0n) is 14.8. The highest BCUT2D eigenvalue weighted by Crippen LogP contribution is 2.21. The topological polar surface area (TPSA) is 133 Å². The van der Waals surface area contributed by atoms with Crippen LogP contribution in [0.1, 0.15) is 22.5 Å². The fraction of sp³-hybridized carbons (Fsp3) is 0.0526. The van der Waals surface area contributed by atoms with Gasteiger partial charge < -0.3 is 4.42 Å². The molecule has 2 N–H and O–H groups in total. The summed E-state index contributed by atoms with van der Waals surface area (Å²) in [5.74, 6) is -2.37. The van der Waals surface area contributed by atoms with Crippen LogP contribution in [-0.2, 0) is 14.4 Å². The van der Waals surface area contributed by atoms with Crippen molar-refractivity contribution in [2.45, 2.75) is 6.42 Å². The Labute approximate surface area is 163 Å². The van der Waals surface area contributed by atoms with E-state index < -0.39 is 23.5 Å². The summed E-state index contributed by atoms with van der Waals surface area (Å²) in [7, 11) is 0. The molecule has 0 bridgehead atoms. The molecule has 10 heteroatoms. The van der Waals surface area contributed by atoms with Crippen molar-refractivity contribution in [3.8, 4) is 0 Å². The second kappa shape index (κ2) is 7.35. The molecule has 0 spiro atoms. The molecule has 2 aliphatic heterocycles. The quantitative estimate of drug-likeness (QED) is 0.446.